The molecule has 0 bridgehead atoms. The van der Waals surface area contributed by atoms with Gasteiger partial charge in [-0.15, -0.1) is 0 Å². The lowest BCUT2D eigenvalue weighted by Gasteiger charge is -2.28. The molecule has 2 saturated heterocycles. The highest BCUT2D eigenvalue weighted by Crippen LogP contribution is 2.34. The zero-order valence-corrected chi connectivity index (χ0v) is 30.4. The molecule has 8 rings (SSSR count). The highest BCUT2D eigenvalue weighted by atomic mass is 16.5. The number of carbonyl (C=O) groups excluding carboxylic acids is 3. The summed E-state index contributed by atoms with van der Waals surface area (Å²) in [4.78, 5) is 73.1. The van der Waals surface area contributed by atoms with Gasteiger partial charge in [-0.2, -0.15) is 0 Å². The van der Waals surface area contributed by atoms with Crippen molar-refractivity contribution in [3.05, 3.63) is 115 Å². The van der Waals surface area contributed by atoms with Crippen molar-refractivity contribution in [1.29, 1.82) is 0 Å². The first kappa shape index (κ1) is 35.5. The van der Waals surface area contributed by atoms with E-state index >= 15 is 0 Å². The van der Waals surface area contributed by atoms with E-state index in [-0.39, 0.29) is 30.3 Å². The quantitative estimate of drug-likeness (QED) is 0.111. The van der Waals surface area contributed by atoms with Gasteiger partial charge >= 0.3 is 6.09 Å². The molecule has 6 aromatic rings. The molecule has 2 aromatic carbocycles. The number of ether oxygens (including phenoxy) is 1. The number of H-pyrrole nitrogens is 4. The number of carbonyl (C=O) groups is 3. The maximum Gasteiger partial charge on any atom is 0.407 e. The third kappa shape index (κ3) is 7.77. The maximum atomic E-state index is 13.8. The standard InChI is InChI=1S/C40H42N11O4/c1-55-40(54)49-31(18-30-20-42-24-46-30)39(53)51-17-3-5-35(51)38-44-22-33(48-38)28-12-8-26(9-13-28)25-6-10-27(11-7-25)32-21-43-37(47-32)34-4-2-16-50(34)36(52)15-14-29-19-41-23-45-29/h6-13,15,19-24,31,34-35H,2-5,14,16-18H2,1H3,(H,41,45)(H,42,46)(H,43,47)(H,44,48)(H,49,54)/t31?,34-,35?/m0/s1. The third-order valence-corrected chi connectivity index (χ3v) is 10.4. The first-order valence-electron chi connectivity index (χ1n) is 18.5. The molecule has 1 radical (unpaired) electrons. The number of nitrogens with one attached hydrogen (secondary N) is 5. The molecule has 6 heterocycles. The molecule has 15 heteroatoms. The van der Waals surface area contributed by atoms with E-state index in [4.69, 9.17) is 4.74 Å². The summed E-state index contributed by atoms with van der Waals surface area (Å²) >= 11 is 0. The van der Waals surface area contributed by atoms with Gasteiger partial charge in [0.15, 0.2) is 0 Å². The summed E-state index contributed by atoms with van der Waals surface area (Å²) in [6.45, 7) is 1.26. The van der Waals surface area contributed by atoms with E-state index in [1.165, 1.54) is 7.11 Å². The molecule has 0 spiro atoms. The number of hydrogen-bond donors (Lipinski definition) is 5. The zero-order valence-electron chi connectivity index (χ0n) is 30.4. The largest absolute Gasteiger partial charge is 0.453 e. The first-order chi connectivity index (χ1) is 26.9. The van der Waals surface area contributed by atoms with Gasteiger partial charge in [-0.1, -0.05) is 48.5 Å². The van der Waals surface area contributed by atoms with Gasteiger partial charge in [0.25, 0.3) is 0 Å². The Kier molecular flexibility index (Phi) is 10.2. The van der Waals surface area contributed by atoms with E-state index in [1.807, 2.05) is 11.1 Å². The molecule has 0 saturated carbocycles. The van der Waals surface area contributed by atoms with Crippen molar-refractivity contribution in [3.8, 4) is 33.6 Å². The molecule has 2 unspecified atom stereocenters. The number of likely N-dealkylation sites (tertiary alicyclic amines) is 2. The summed E-state index contributed by atoms with van der Waals surface area (Å²) in [5.41, 5.74) is 7.39. The van der Waals surface area contributed by atoms with Crippen LogP contribution in [0.4, 0.5) is 4.79 Å². The Hall–Kier alpha value is -6.51. The molecule has 5 N–H and O–H groups in total. The van der Waals surface area contributed by atoms with Crippen molar-refractivity contribution < 1.29 is 19.1 Å². The Bertz CT molecular complexity index is 2210. The number of rotatable bonds is 12. The lowest BCUT2D eigenvalue weighted by Crippen LogP contribution is -2.49. The van der Waals surface area contributed by atoms with E-state index in [0.29, 0.717) is 31.0 Å². The van der Waals surface area contributed by atoms with Crippen LogP contribution in [0.5, 0.6) is 0 Å². The number of nitrogens with zero attached hydrogens (tertiary/aromatic N) is 6. The predicted octanol–water partition coefficient (Wildman–Crippen LogP) is 5.32. The van der Waals surface area contributed by atoms with Crippen molar-refractivity contribution in [2.24, 2.45) is 0 Å². The summed E-state index contributed by atoms with van der Waals surface area (Å²) in [6, 6.07) is 15.4. The minimum atomic E-state index is -0.827. The second kappa shape index (κ2) is 15.8. The molecule has 2 aliphatic heterocycles. The monoisotopic (exact) mass is 740 g/mol. The Morgan fingerprint density at radius 2 is 1.29 bits per heavy atom. The molecule has 3 atom stereocenters. The van der Waals surface area contributed by atoms with Crippen LogP contribution >= 0.6 is 0 Å². The van der Waals surface area contributed by atoms with Gasteiger partial charge in [0.2, 0.25) is 11.8 Å². The Balaban J connectivity index is 0.904. The first-order valence-corrected chi connectivity index (χ1v) is 18.5. The molecule has 0 aliphatic carbocycles. The van der Waals surface area contributed by atoms with Crippen LogP contribution in [0.1, 0.15) is 60.8 Å². The molecule has 55 heavy (non-hydrogen) atoms. The minimum Gasteiger partial charge on any atom is -0.453 e. The summed E-state index contributed by atoms with van der Waals surface area (Å²) in [5, 5.41) is 2.68. The van der Waals surface area contributed by atoms with Crippen LogP contribution in [0.15, 0.2) is 86.0 Å². The van der Waals surface area contributed by atoms with Crippen LogP contribution in [0.3, 0.4) is 0 Å². The molecule has 15 nitrogen and oxygen atoms in total. The van der Waals surface area contributed by atoms with Crippen LogP contribution in [0, 0.1) is 6.42 Å². The molecule has 2 aliphatic rings. The number of benzene rings is 2. The Morgan fingerprint density at radius 1 is 0.764 bits per heavy atom. The maximum absolute atomic E-state index is 13.8. The van der Waals surface area contributed by atoms with Crippen LogP contribution in [0.2, 0.25) is 0 Å². The SMILES string of the molecule is COC(=O)NC(Cc1c[nH]cn1)C(=O)N1CCCC1c1ncc(-c2ccc(-c3ccc(-c4cnc([C@@H]5CCCN5C(=O)[CH]Cc5c[nH]cn5)[nH]4)cc3)cc2)[nH]1. The zero-order chi connectivity index (χ0) is 37.7. The molecular weight excluding hydrogens is 699 g/mol. The molecule has 281 valence electrons. The van der Waals surface area contributed by atoms with Gasteiger partial charge < -0.3 is 39.8 Å². The topological polar surface area (TPSA) is 194 Å². The second-order valence-corrected chi connectivity index (χ2v) is 13.8. The average Bonchev–Trinajstić information content (AvgIpc) is 4.07. The molecule has 4 aromatic heterocycles. The number of aromatic amines is 4. The van der Waals surface area contributed by atoms with Gasteiger partial charge in [-0.05, 0) is 47.9 Å². The van der Waals surface area contributed by atoms with Crippen molar-refractivity contribution in [1.82, 2.24) is 55.0 Å². The van der Waals surface area contributed by atoms with E-state index in [2.05, 4.69) is 93.7 Å². The predicted molar refractivity (Wildman–Crippen MR) is 203 cm³/mol. The molecule has 3 amide bonds. The highest BCUT2D eigenvalue weighted by Gasteiger charge is 2.37. The van der Waals surface area contributed by atoms with Crippen LogP contribution < -0.4 is 5.32 Å². The molecular formula is C40H42N11O4. The van der Waals surface area contributed by atoms with Gasteiger partial charge in [0, 0.05) is 38.3 Å². The Morgan fingerprint density at radius 3 is 1.84 bits per heavy atom. The van der Waals surface area contributed by atoms with E-state index in [0.717, 1.165) is 70.8 Å². The second-order valence-electron chi connectivity index (χ2n) is 13.8. The number of alkyl carbamates (subject to hydrolysis) is 1. The molecule has 2 fully saturated rings. The smallest absolute Gasteiger partial charge is 0.407 e. The van der Waals surface area contributed by atoms with Gasteiger partial charge in [-0.3, -0.25) is 9.59 Å². The lowest BCUT2D eigenvalue weighted by atomic mass is 10.0. The van der Waals surface area contributed by atoms with Crippen molar-refractivity contribution >= 4 is 17.9 Å². The fourth-order valence-corrected chi connectivity index (χ4v) is 7.54. The normalized spacial score (nSPS) is 17.4. The summed E-state index contributed by atoms with van der Waals surface area (Å²) in [7, 11) is 1.27. The Labute approximate surface area is 317 Å². The van der Waals surface area contributed by atoms with Crippen LogP contribution in [0.25, 0.3) is 33.6 Å². The highest BCUT2D eigenvalue weighted by molar-refractivity contribution is 5.87. The summed E-state index contributed by atoms with van der Waals surface area (Å²) in [6.07, 6.45) is 15.4. The van der Waals surface area contributed by atoms with Crippen LogP contribution in [-0.4, -0.2) is 93.8 Å². The minimum absolute atomic E-state index is 0.00113. The van der Waals surface area contributed by atoms with Crippen molar-refractivity contribution in [2.75, 3.05) is 20.2 Å². The lowest BCUT2D eigenvalue weighted by molar-refractivity contribution is -0.134. The van der Waals surface area contributed by atoms with Crippen molar-refractivity contribution in [3.63, 3.8) is 0 Å². The summed E-state index contributed by atoms with van der Waals surface area (Å²) < 4.78 is 4.79. The number of aromatic nitrogens is 8. The number of methoxy groups -OCH3 is 1. The van der Waals surface area contributed by atoms with E-state index in [1.54, 1.807) is 42.6 Å². The van der Waals surface area contributed by atoms with Gasteiger partial charge in [0.05, 0.1) is 73.4 Å². The van der Waals surface area contributed by atoms with E-state index < -0.39 is 12.1 Å². The number of hydrogen-bond acceptors (Lipinski definition) is 8. The number of amides is 3. The van der Waals surface area contributed by atoms with Gasteiger partial charge in [0.1, 0.15) is 17.7 Å². The fourth-order valence-electron chi connectivity index (χ4n) is 7.54. The van der Waals surface area contributed by atoms with E-state index in [9.17, 15) is 14.4 Å². The van der Waals surface area contributed by atoms with Crippen LogP contribution in [-0.2, 0) is 27.2 Å². The van der Waals surface area contributed by atoms with Gasteiger partial charge in [-0.25, -0.2) is 24.7 Å². The third-order valence-electron chi connectivity index (χ3n) is 10.4. The van der Waals surface area contributed by atoms with Crippen molar-refractivity contribution in [2.45, 2.75) is 56.7 Å². The fraction of sp³-hybridized carbons (Fsp3) is 0.300. The number of imidazole rings is 4. The average molecular weight is 741 g/mol. The summed E-state index contributed by atoms with van der Waals surface area (Å²) in [5.74, 6) is 1.30.